The van der Waals surface area contributed by atoms with E-state index in [-0.39, 0.29) is 25.7 Å². The van der Waals surface area contributed by atoms with Crippen molar-refractivity contribution in [1.29, 1.82) is 0 Å². The average molecular weight is 480 g/mol. The third-order valence-corrected chi connectivity index (χ3v) is 5.45. The molecule has 2 aromatic heterocycles. The Labute approximate surface area is 203 Å². The highest BCUT2D eigenvalue weighted by molar-refractivity contribution is 7.59. The molecule has 6 N–H and O–H groups in total. The van der Waals surface area contributed by atoms with Crippen molar-refractivity contribution in [2.45, 2.75) is 19.1 Å². The topological polar surface area (TPSA) is 147 Å². The van der Waals surface area contributed by atoms with Gasteiger partial charge in [-0.2, -0.15) is 18.5 Å². The summed E-state index contributed by atoms with van der Waals surface area (Å²) in [5, 5.41) is 19.3. The van der Waals surface area contributed by atoms with Crippen LogP contribution in [0.3, 0.4) is 0 Å². The van der Waals surface area contributed by atoms with Crippen molar-refractivity contribution in [3.05, 3.63) is 65.1 Å². The fourth-order valence-electron chi connectivity index (χ4n) is 3.78. The van der Waals surface area contributed by atoms with Crippen LogP contribution in [0.15, 0.2) is 42.7 Å². The number of carbonyl (C=O) groups excluding carboxylic acids is 1. The van der Waals surface area contributed by atoms with Crippen LogP contribution in [0.1, 0.15) is 27.2 Å². The second-order valence-electron chi connectivity index (χ2n) is 7.79. The highest BCUT2D eigenvalue weighted by Crippen LogP contribution is 2.31. The van der Waals surface area contributed by atoms with Gasteiger partial charge in [-0.1, -0.05) is 12.2 Å². The van der Waals surface area contributed by atoms with Crippen LogP contribution in [0.25, 0.3) is 6.08 Å². The van der Waals surface area contributed by atoms with Gasteiger partial charge in [-0.05, 0) is 29.8 Å². The molecule has 0 spiro atoms. The maximum absolute atomic E-state index is 11.9. The highest BCUT2D eigenvalue weighted by Gasteiger charge is 2.17. The first-order valence-electron chi connectivity index (χ1n) is 10.6. The Balaban J connectivity index is 0.00000274. The molecular formula is C23H25N7O3S. The van der Waals surface area contributed by atoms with E-state index in [1.807, 2.05) is 18.2 Å². The Bertz CT molecular complexity index is 1250. The van der Waals surface area contributed by atoms with Gasteiger partial charge in [-0.3, -0.25) is 9.78 Å². The molecule has 10 nitrogen and oxygen atoms in total. The number of hydrogen-bond acceptors (Lipinski definition) is 9. The molecule has 176 valence electrons. The van der Waals surface area contributed by atoms with Crippen molar-refractivity contribution in [2.24, 2.45) is 5.73 Å². The number of carbonyl (C=O) groups is 1. The first-order valence-corrected chi connectivity index (χ1v) is 10.6. The number of aromatic nitrogens is 3. The lowest BCUT2D eigenvalue weighted by atomic mass is 10.1. The zero-order valence-corrected chi connectivity index (χ0v) is 19.2. The molecule has 0 unspecified atom stereocenters. The van der Waals surface area contributed by atoms with Gasteiger partial charge in [0.1, 0.15) is 24.3 Å². The number of anilines is 4. The van der Waals surface area contributed by atoms with E-state index in [4.69, 9.17) is 10.5 Å². The van der Waals surface area contributed by atoms with E-state index < -0.39 is 12.0 Å². The summed E-state index contributed by atoms with van der Waals surface area (Å²) in [5.74, 6) is 0.681. The van der Waals surface area contributed by atoms with Gasteiger partial charge >= 0.3 is 0 Å². The molecule has 0 saturated carbocycles. The molecule has 2 aliphatic rings. The zero-order chi connectivity index (χ0) is 22.8. The van der Waals surface area contributed by atoms with E-state index in [0.717, 1.165) is 34.6 Å². The van der Waals surface area contributed by atoms with Crippen molar-refractivity contribution < 1.29 is 14.6 Å². The second-order valence-corrected chi connectivity index (χ2v) is 7.79. The largest absolute Gasteiger partial charge is 0.489 e. The number of nitrogens with one attached hydrogen (secondary N) is 3. The number of benzene rings is 1. The second kappa shape index (κ2) is 9.98. The minimum absolute atomic E-state index is 0. The van der Waals surface area contributed by atoms with E-state index in [0.29, 0.717) is 30.6 Å². The summed E-state index contributed by atoms with van der Waals surface area (Å²) in [6.45, 7) is 1.08. The number of ether oxygens (including phenoxy) is 1. The first kappa shape index (κ1) is 23.3. The van der Waals surface area contributed by atoms with Gasteiger partial charge in [0.05, 0.1) is 16.9 Å². The molecule has 1 aliphatic carbocycles. The lowest BCUT2D eigenvalue weighted by molar-refractivity contribution is 0.100. The summed E-state index contributed by atoms with van der Waals surface area (Å²) in [5.41, 5.74) is 10.4. The highest BCUT2D eigenvalue weighted by atomic mass is 32.1. The van der Waals surface area contributed by atoms with Crippen LogP contribution < -0.4 is 26.4 Å². The van der Waals surface area contributed by atoms with E-state index in [9.17, 15) is 9.90 Å². The number of pyridine rings is 1. The molecule has 11 heteroatoms. The number of nitrogens with two attached hydrogens (primary N) is 1. The zero-order valence-electron chi connectivity index (χ0n) is 18.2. The Morgan fingerprint density at radius 2 is 2.18 bits per heavy atom. The quantitative estimate of drug-likeness (QED) is 0.359. The first-order chi connectivity index (χ1) is 16.1. The number of rotatable bonds is 6. The number of fused-ring (bicyclic) bond motifs is 2. The van der Waals surface area contributed by atoms with E-state index >= 15 is 0 Å². The molecule has 0 radical (unpaired) electrons. The minimum atomic E-state index is -0.617. The molecule has 0 saturated heterocycles. The van der Waals surface area contributed by atoms with Crippen LogP contribution in [0.4, 0.5) is 23.1 Å². The average Bonchev–Trinajstić information content (AvgIpc) is 3.22. The SMILES string of the molecule is NC(=O)c1cnc(Nc2ccc3c(c2)NC[C@H](O)CO3)nc1NCc1ccnc2c1C=CC2.S. The summed E-state index contributed by atoms with van der Waals surface area (Å²) in [6, 6.07) is 7.41. The maximum atomic E-state index is 11.9. The van der Waals surface area contributed by atoms with Crippen LogP contribution in [-0.2, 0) is 13.0 Å². The van der Waals surface area contributed by atoms with Gasteiger partial charge < -0.3 is 31.5 Å². The lowest BCUT2D eigenvalue weighted by Gasteiger charge is -2.14. The molecule has 1 aromatic carbocycles. The van der Waals surface area contributed by atoms with Gasteiger partial charge in [0.15, 0.2) is 0 Å². The van der Waals surface area contributed by atoms with Crippen molar-refractivity contribution in [2.75, 3.05) is 29.1 Å². The summed E-state index contributed by atoms with van der Waals surface area (Å²) in [7, 11) is 0. The Kier molecular flexibility index (Phi) is 6.85. The predicted octanol–water partition coefficient (Wildman–Crippen LogP) is 2.17. The fourth-order valence-corrected chi connectivity index (χ4v) is 3.78. The number of allylic oxidation sites excluding steroid dienone is 1. The lowest BCUT2D eigenvalue weighted by Crippen LogP contribution is -2.23. The molecular weight excluding hydrogens is 454 g/mol. The normalized spacial score (nSPS) is 15.6. The van der Waals surface area contributed by atoms with Crippen molar-refractivity contribution in [3.8, 4) is 5.75 Å². The van der Waals surface area contributed by atoms with Crippen LogP contribution in [-0.4, -0.2) is 45.2 Å². The molecule has 0 bridgehead atoms. The van der Waals surface area contributed by atoms with Gasteiger partial charge in [-0.25, -0.2) is 4.98 Å². The van der Waals surface area contributed by atoms with Crippen molar-refractivity contribution in [1.82, 2.24) is 15.0 Å². The van der Waals surface area contributed by atoms with Crippen LogP contribution in [0.5, 0.6) is 5.75 Å². The van der Waals surface area contributed by atoms with Crippen LogP contribution in [0.2, 0.25) is 0 Å². The molecule has 1 aliphatic heterocycles. The number of aliphatic hydroxyl groups is 1. The number of aliphatic hydroxyl groups excluding tert-OH is 1. The smallest absolute Gasteiger partial charge is 0.254 e. The third kappa shape index (κ3) is 4.90. The van der Waals surface area contributed by atoms with E-state index in [1.54, 1.807) is 12.3 Å². The molecule has 0 fully saturated rings. The van der Waals surface area contributed by atoms with E-state index in [2.05, 4.69) is 43.1 Å². The standard InChI is InChI=1S/C23H23N7O3.H2S/c24-21(32)17-11-28-23(29-14-4-5-20-19(8-14)26-10-15(31)12-33-20)30-22(17)27-9-13-6-7-25-18-3-1-2-16(13)18;/h1-2,4-8,11,15,26,31H,3,9-10,12H2,(H2,24,32)(H2,27,28,29,30);1H2/t15-;/m0./s1. The summed E-state index contributed by atoms with van der Waals surface area (Å²) in [6.07, 6.45) is 7.54. The van der Waals surface area contributed by atoms with Gasteiger partial charge in [0, 0.05) is 43.2 Å². The van der Waals surface area contributed by atoms with E-state index in [1.165, 1.54) is 6.20 Å². The summed E-state index contributed by atoms with van der Waals surface area (Å²) < 4.78 is 5.59. The number of β-amino-alcohol motifs (C(OH)–C–C–N with tert-alkyl or cyclic N) is 1. The molecule has 3 aromatic rings. The number of amides is 1. The van der Waals surface area contributed by atoms with Crippen molar-refractivity contribution >= 4 is 48.6 Å². The number of primary amides is 1. The van der Waals surface area contributed by atoms with Gasteiger partial charge in [0.2, 0.25) is 5.95 Å². The fraction of sp³-hybridized carbons (Fsp3) is 0.217. The number of nitrogens with zero attached hydrogens (tertiary/aromatic N) is 3. The molecule has 3 heterocycles. The molecule has 1 amide bonds. The maximum Gasteiger partial charge on any atom is 0.254 e. The molecule has 1 atom stereocenters. The van der Waals surface area contributed by atoms with Crippen LogP contribution in [0, 0.1) is 0 Å². The van der Waals surface area contributed by atoms with Gasteiger partial charge in [-0.15, -0.1) is 0 Å². The van der Waals surface area contributed by atoms with Crippen LogP contribution >= 0.6 is 13.5 Å². The summed E-state index contributed by atoms with van der Waals surface area (Å²) >= 11 is 0. The Morgan fingerprint density at radius 1 is 1.29 bits per heavy atom. The van der Waals surface area contributed by atoms with Gasteiger partial charge in [0.25, 0.3) is 5.91 Å². The summed E-state index contributed by atoms with van der Waals surface area (Å²) in [4.78, 5) is 25.0. The Morgan fingerprint density at radius 3 is 3.03 bits per heavy atom. The molecule has 34 heavy (non-hydrogen) atoms. The third-order valence-electron chi connectivity index (χ3n) is 5.45. The number of hydrogen-bond donors (Lipinski definition) is 5. The predicted molar refractivity (Wildman–Crippen MR) is 135 cm³/mol. The molecule has 5 rings (SSSR count). The minimum Gasteiger partial charge on any atom is -0.489 e. The monoisotopic (exact) mass is 479 g/mol. The van der Waals surface area contributed by atoms with Crippen molar-refractivity contribution in [3.63, 3.8) is 0 Å². The Hall–Kier alpha value is -3.83.